The minimum atomic E-state index is -1.73. The molecule has 2 nitrogen and oxygen atoms in total. The van der Waals surface area contributed by atoms with Gasteiger partial charge >= 0.3 is 0 Å². The Morgan fingerprint density at radius 1 is 1.00 bits per heavy atom. The number of ether oxygens (including phenoxy) is 1. The molecule has 0 aliphatic heterocycles. The number of benzene rings is 1. The van der Waals surface area contributed by atoms with Crippen LogP contribution in [-0.2, 0) is 0 Å². The maximum Gasteiger partial charge on any atom is 0.206 e. The first kappa shape index (κ1) is 13.2. The normalized spacial score (nSPS) is 10.4. The Morgan fingerprint density at radius 3 is 1.75 bits per heavy atom. The summed E-state index contributed by atoms with van der Waals surface area (Å²) >= 11 is 10.1. The molecular weight excluding hydrogens is 273 g/mol. The summed E-state index contributed by atoms with van der Waals surface area (Å²) in [4.78, 5) is 0. The summed E-state index contributed by atoms with van der Waals surface area (Å²) in [6.45, 7) is 1.25. The van der Waals surface area contributed by atoms with Gasteiger partial charge in [0.2, 0.25) is 11.6 Å². The maximum absolute atomic E-state index is 13.2. The maximum atomic E-state index is 13.2. The second-order valence-corrected chi connectivity index (χ2v) is 3.45. The Hall–Kier alpha value is -0.880. The van der Waals surface area contributed by atoms with Gasteiger partial charge in [0, 0.05) is 23.6 Å². The average Bonchev–Trinajstić information content (AvgIpc) is 2.21. The molecule has 0 aliphatic carbocycles. The SMILES string of the molecule is CCOc1c(F)c(F)c(N(Cl)Cl)c(F)c1F. The molecule has 0 saturated heterocycles. The van der Waals surface area contributed by atoms with Crippen LogP contribution in [0.15, 0.2) is 0 Å². The van der Waals surface area contributed by atoms with Crippen molar-refractivity contribution in [3.63, 3.8) is 0 Å². The highest BCUT2D eigenvalue weighted by molar-refractivity contribution is 6.49. The number of anilines is 1. The van der Waals surface area contributed by atoms with E-state index in [1.807, 2.05) is 0 Å². The van der Waals surface area contributed by atoms with Gasteiger partial charge in [0.05, 0.1) is 6.61 Å². The first-order chi connectivity index (χ1) is 7.41. The first-order valence-electron chi connectivity index (χ1n) is 4.02. The van der Waals surface area contributed by atoms with Crippen LogP contribution < -0.4 is 8.67 Å². The molecule has 0 amide bonds. The lowest BCUT2D eigenvalue weighted by atomic mass is 10.2. The van der Waals surface area contributed by atoms with Gasteiger partial charge in [-0.2, -0.15) is 12.7 Å². The third-order valence-electron chi connectivity index (χ3n) is 1.66. The lowest BCUT2D eigenvalue weighted by molar-refractivity contribution is 0.287. The first-order valence-corrected chi connectivity index (χ1v) is 4.69. The van der Waals surface area contributed by atoms with Gasteiger partial charge in [-0.3, -0.25) is 0 Å². The van der Waals surface area contributed by atoms with Crippen molar-refractivity contribution < 1.29 is 22.3 Å². The summed E-state index contributed by atoms with van der Waals surface area (Å²) in [6.07, 6.45) is 0. The fourth-order valence-electron chi connectivity index (χ4n) is 1.02. The zero-order valence-electron chi connectivity index (χ0n) is 7.83. The van der Waals surface area contributed by atoms with Crippen LogP contribution in [0, 0.1) is 23.3 Å². The number of nitrogens with zero attached hydrogens (tertiary/aromatic N) is 1. The molecule has 0 spiro atoms. The fourth-order valence-corrected chi connectivity index (χ4v) is 1.32. The zero-order chi connectivity index (χ0) is 12.5. The van der Waals surface area contributed by atoms with Gasteiger partial charge in [-0.15, -0.1) is 0 Å². The lowest BCUT2D eigenvalue weighted by Crippen LogP contribution is -2.09. The van der Waals surface area contributed by atoms with Crippen molar-refractivity contribution in [3.8, 4) is 5.75 Å². The molecule has 0 heterocycles. The standard InChI is InChI=1S/C8H5Cl2F4NO/c1-2-16-8-5(13)3(11)7(15(9)10)4(12)6(8)14/h2H2,1H3. The van der Waals surface area contributed by atoms with Crippen LogP contribution in [0.2, 0.25) is 0 Å². The molecule has 0 radical (unpaired) electrons. The Balaban J connectivity index is 3.50. The highest BCUT2D eigenvalue weighted by Crippen LogP contribution is 2.36. The van der Waals surface area contributed by atoms with Crippen molar-refractivity contribution in [3.05, 3.63) is 23.3 Å². The monoisotopic (exact) mass is 277 g/mol. The highest BCUT2D eigenvalue weighted by atomic mass is 35.5. The molecule has 0 unspecified atom stereocenters. The highest BCUT2D eigenvalue weighted by Gasteiger charge is 2.29. The van der Waals surface area contributed by atoms with Crippen LogP contribution in [0.4, 0.5) is 23.2 Å². The summed E-state index contributed by atoms with van der Waals surface area (Å²) in [7, 11) is 0. The minimum Gasteiger partial charge on any atom is -0.488 e. The molecule has 1 rings (SSSR count). The lowest BCUT2D eigenvalue weighted by Gasteiger charge is -2.13. The zero-order valence-corrected chi connectivity index (χ0v) is 9.34. The van der Waals surface area contributed by atoms with E-state index >= 15 is 0 Å². The summed E-state index contributed by atoms with van der Waals surface area (Å²) in [5, 5.41) is 0. The minimum absolute atomic E-state index is 0.105. The van der Waals surface area contributed by atoms with Crippen LogP contribution in [-0.4, -0.2) is 6.61 Å². The molecule has 0 fully saturated rings. The molecule has 16 heavy (non-hydrogen) atoms. The Labute approximate surface area is 98.5 Å². The van der Waals surface area contributed by atoms with E-state index in [1.165, 1.54) is 6.92 Å². The Bertz CT molecular complexity index is 385. The third-order valence-corrected chi connectivity index (χ3v) is 2.00. The molecule has 0 atom stereocenters. The van der Waals surface area contributed by atoms with Crippen LogP contribution in [0.25, 0.3) is 0 Å². The van der Waals surface area contributed by atoms with Crippen LogP contribution >= 0.6 is 23.6 Å². The van der Waals surface area contributed by atoms with Crippen molar-refractivity contribution in [2.45, 2.75) is 6.92 Å². The molecule has 0 aliphatic rings. The smallest absolute Gasteiger partial charge is 0.206 e. The predicted molar refractivity (Wildman–Crippen MR) is 51.6 cm³/mol. The van der Waals surface area contributed by atoms with Crippen molar-refractivity contribution in [2.75, 3.05) is 10.5 Å². The summed E-state index contributed by atoms with van der Waals surface area (Å²) in [6, 6.07) is 0. The molecule has 0 bridgehead atoms. The quantitative estimate of drug-likeness (QED) is 0.474. The summed E-state index contributed by atoms with van der Waals surface area (Å²) < 4.78 is 57.1. The predicted octanol–water partition coefficient (Wildman–Crippen LogP) is 3.76. The van der Waals surface area contributed by atoms with Gasteiger partial charge in [-0.1, -0.05) is 0 Å². The second kappa shape index (κ2) is 4.97. The molecule has 90 valence electrons. The van der Waals surface area contributed by atoms with E-state index in [2.05, 4.69) is 4.74 Å². The van der Waals surface area contributed by atoms with Crippen molar-refractivity contribution in [1.82, 2.24) is 0 Å². The van der Waals surface area contributed by atoms with E-state index in [-0.39, 0.29) is 10.5 Å². The van der Waals surface area contributed by atoms with E-state index < -0.39 is 34.7 Å². The Kier molecular flexibility index (Phi) is 4.09. The van der Waals surface area contributed by atoms with Gasteiger partial charge in [-0.05, 0) is 6.92 Å². The van der Waals surface area contributed by atoms with Gasteiger partial charge in [0.25, 0.3) is 0 Å². The van der Waals surface area contributed by atoms with E-state index in [9.17, 15) is 17.6 Å². The van der Waals surface area contributed by atoms with Gasteiger partial charge < -0.3 is 4.74 Å². The van der Waals surface area contributed by atoms with Crippen LogP contribution in [0.5, 0.6) is 5.75 Å². The largest absolute Gasteiger partial charge is 0.488 e. The van der Waals surface area contributed by atoms with Gasteiger partial charge in [0.1, 0.15) is 5.69 Å². The third kappa shape index (κ3) is 2.12. The molecular formula is C8H5Cl2F4NO. The van der Waals surface area contributed by atoms with Crippen molar-refractivity contribution in [2.24, 2.45) is 0 Å². The molecule has 0 saturated carbocycles. The van der Waals surface area contributed by atoms with Gasteiger partial charge in [0.15, 0.2) is 17.4 Å². The van der Waals surface area contributed by atoms with Crippen molar-refractivity contribution in [1.29, 1.82) is 0 Å². The molecule has 0 aromatic heterocycles. The fraction of sp³-hybridized carbons (Fsp3) is 0.250. The number of hydrogen-bond donors (Lipinski definition) is 0. The number of halogens is 6. The molecule has 8 heteroatoms. The van der Waals surface area contributed by atoms with E-state index in [1.54, 1.807) is 0 Å². The van der Waals surface area contributed by atoms with E-state index in [0.29, 0.717) is 0 Å². The molecule has 1 aromatic rings. The summed E-state index contributed by atoms with van der Waals surface area (Å²) in [5.74, 6) is -7.99. The average molecular weight is 278 g/mol. The number of hydrogen-bond acceptors (Lipinski definition) is 2. The van der Waals surface area contributed by atoms with Crippen molar-refractivity contribution >= 4 is 29.2 Å². The van der Waals surface area contributed by atoms with E-state index in [0.717, 1.165) is 0 Å². The topological polar surface area (TPSA) is 12.5 Å². The van der Waals surface area contributed by atoms with Crippen LogP contribution in [0.1, 0.15) is 6.92 Å². The molecule has 0 N–H and O–H groups in total. The Morgan fingerprint density at radius 2 is 1.44 bits per heavy atom. The van der Waals surface area contributed by atoms with E-state index in [4.69, 9.17) is 23.6 Å². The van der Waals surface area contributed by atoms with Crippen LogP contribution in [0.3, 0.4) is 0 Å². The summed E-state index contributed by atoms with van der Waals surface area (Å²) in [5.41, 5.74) is -1.23. The molecule has 1 aromatic carbocycles. The second-order valence-electron chi connectivity index (χ2n) is 2.60. The van der Waals surface area contributed by atoms with Gasteiger partial charge in [-0.25, -0.2) is 8.78 Å². The number of rotatable bonds is 3.